The highest BCUT2D eigenvalue weighted by Gasteiger charge is 2.20. The van der Waals surface area contributed by atoms with Gasteiger partial charge in [0, 0.05) is 12.4 Å². The standard InChI is InChI=1S/C12H16ClN5/c1-12(2,3)6-8-10(13)11(14)18(17-8)9-7-15-4-5-16-9/h4-5,7H,6,14H2,1-3H3. The van der Waals surface area contributed by atoms with Gasteiger partial charge in [0.2, 0.25) is 0 Å². The van der Waals surface area contributed by atoms with E-state index in [1.54, 1.807) is 18.6 Å². The molecule has 0 atom stereocenters. The summed E-state index contributed by atoms with van der Waals surface area (Å²) >= 11 is 6.21. The van der Waals surface area contributed by atoms with Gasteiger partial charge in [-0.25, -0.2) is 4.98 Å². The molecule has 5 nitrogen and oxygen atoms in total. The molecule has 0 aliphatic heterocycles. The lowest BCUT2D eigenvalue weighted by Crippen LogP contribution is -2.10. The molecule has 6 heteroatoms. The zero-order valence-electron chi connectivity index (χ0n) is 10.7. The number of aromatic nitrogens is 4. The third kappa shape index (κ3) is 2.61. The van der Waals surface area contributed by atoms with Gasteiger partial charge in [-0.1, -0.05) is 32.4 Å². The highest BCUT2D eigenvalue weighted by Crippen LogP contribution is 2.30. The third-order valence-electron chi connectivity index (χ3n) is 2.39. The molecule has 0 saturated heterocycles. The quantitative estimate of drug-likeness (QED) is 0.906. The molecule has 2 heterocycles. The van der Waals surface area contributed by atoms with Gasteiger partial charge >= 0.3 is 0 Å². The smallest absolute Gasteiger partial charge is 0.174 e. The van der Waals surface area contributed by atoms with E-state index in [4.69, 9.17) is 17.3 Å². The van der Waals surface area contributed by atoms with Gasteiger partial charge in [-0.05, 0) is 11.8 Å². The van der Waals surface area contributed by atoms with Crippen molar-refractivity contribution in [3.63, 3.8) is 0 Å². The Balaban J connectivity index is 2.43. The largest absolute Gasteiger partial charge is 0.382 e. The van der Waals surface area contributed by atoms with E-state index in [0.29, 0.717) is 16.7 Å². The summed E-state index contributed by atoms with van der Waals surface area (Å²) in [5, 5.41) is 4.92. The zero-order chi connectivity index (χ0) is 13.3. The summed E-state index contributed by atoms with van der Waals surface area (Å²) in [7, 11) is 0. The Kier molecular flexibility index (Phi) is 3.26. The van der Waals surface area contributed by atoms with E-state index in [1.807, 2.05) is 0 Å². The zero-order valence-corrected chi connectivity index (χ0v) is 11.4. The van der Waals surface area contributed by atoms with E-state index < -0.39 is 0 Å². The molecule has 0 saturated carbocycles. The van der Waals surface area contributed by atoms with E-state index in [0.717, 1.165) is 12.1 Å². The first-order valence-electron chi connectivity index (χ1n) is 5.68. The van der Waals surface area contributed by atoms with Gasteiger partial charge < -0.3 is 5.73 Å². The molecule has 2 aromatic rings. The average Bonchev–Trinajstić information content (AvgIpc) is 2.57. The maximum Gasteiger partial charge on any atom is 0.174 e. The van der Waals surface area contributed by atoms with Gasteiger partial charge in [-0.2, -0.15) is 9.78 Å². The second kappa shape index (κ2) is 4.57. The molecule has 0 aliphatic carbocycles. The minimum absolute atomic E-state index is 0.0949. The Hall–Kier alpha value is -1.62. The molecule has 2 aromatic heterocycles. The van der Waals surface area contributed by atoms with Crippen LogP contribution in [0.15, 0.2) is 18.6 Å². The molecule has 0 spiro atoms. The first-order valence-corrected chi connectivity index (χ1v) is 6.05. The molecule has 0 amide bonds. The van der Waals surface area contributed by atoms with Crippen molar-refractivity contribution in [2.24, 2.45) is 5.41 Å². The number of halogens is 1. The van der Waals surface area contributed by atoms with E-state index in [9.17, 15) is 0 Å². The molecular weight excluding hydrogens is 250 g/mol. The van der Waals surface area contributed by atoms with Crippen molar-refractivity contribution in [3.05, 3.63) is 29.3 Å². The second-order valence-electron chi connectivity index (χ2n) is 5.36. The second-order valence-corrected chi connectivity index (χ2v) is 5.74. The Morgan fingerprint density at radius 2 is 2.06 bits per heavy atom. The van der Waals surface area contributed by atoms with Crippen LogP contribution in [0.3, 0.4) is 0 Å². The van der Waals surface area contributed by atoms with Crippen LogP contribution in [0.5, 0.6) is 0 Å². The Morgan fingerprint density at radius 1 is 1.33 bits per heavy atom. The van der Waals surface area contributed by atoms with Crippen LogP contribution in [-0.4, -0.2) is 19.7 Å². The minimum atomic E-state index is 0.0949. The fourth-order valence-electron chi connectivity index (χ4n) is 1.65. The Morgan fingerprint density at radius 3 is 2.61 bits per heavy atom. The van der Waals surface area contributed by atoms with Gasteiger partial charge in [-0.3, -0.25) is 4.98 Å². The first-order chi connectivity index (χ1) is 8.38. The van der Waals surface area contributed by atoms with Crippen LogP contribution in [0, 0.1) is 5.41 Å². The van der Waals surface area contributed by atoms with Crippen LogP contribution < -0.4 is 5.73 Å². The number of anilines is 1. The van der Waals surface area contributed by atoms with Crippen molar-refractivity contribution in [1.82, 2.24) is 19.7 Å². The molecule has 0 aromatic carbocycles. The normalized spacial score (nSPS) is 11.8. The number of nitrogens with zero attached hydrogens (tertiary/aromatic N) is 4. The van der Waals surface area contributed by atoms with Crippen molar-refractivity contribution >= 4 is 17.4 Å². The van der Waals surface area contributed by atoms with E-state index >= 15 is 0 Å². The first kappa shape index (κ1) is 12.8. The van der Waals surface area contributed by atoms with Crippen molar-refractivity contribution in [3.8, 4) is 5.82 Å². The van der Waals surface area contributed by atoms with Crippen LogP contribution >= 0.6 is 11.6 Å². The van der Waals surface area contributed by atoms with Gasteiger partial charge in [0.1, 0.15) is 10.8 Å². The molecule has 0 fully saturated rings. The summed E-state index contributed by atoms with van der Waals surface area (Å²) in [4.78, 5) is 8.15. The fraction of sp³-hybridized carbons (Fsp3) is 0.417. The highest BCUT2D eigenvalue weighted by atomic mass is 35.5. The van der Waals surface area contributed by atoms with Crippen molar-refractivity contribution in [2.45, 2.75) is 27.2 Å². The summed E-state index contributed by atoms with van der Waals surface area (Å²) < 4.78 is 1.52. The predicted octanol–water partition coefficient (Wildman–Crippen LogP) is 2.49. The molecule has 2 N–H and O–H groups in total. The number of nitrogens with two attached hydrogens (primary N) is 1. The van der Waals surface area contributed by atoms with Crippen LogP contribution in [0.25, 0.3) is 5.82 Å². The van der Waals surface area contributed by atoms with Crippen LogP contribution in [-0.2, 0) is 6.42 Å². The fourth-order valence-corrected chi connectivity index (χ4v) is 1.83. The topological polar surface area (TPSA) is 69.6 Å². The summed E-state index contributed by atoms with van der Waals surface area (Å²) in [6.45, 7) is 6.38. The highest BCUT2D eigenvalue weighted by molar-refractivity contribution is 6.33. The maximum atomic E-state index is 6.21. The molecule has 18 heavy (non-hydrogen) atoms. The van der Waals surface area contributed by atoms with Crippen molar-refractivity contribution < 1.29 is 0 Å². The molecule has 0 bridgehead atoms. The summed E-state index contributed by atoms with van der Waals surface area (Å²) in [6.07, 6.45) is 5.54. The molecule has 2 rings (SSSR count). The van der Waals surface area contributed by atoms with Crippen LogP contribution in [0.2, 0.25) is 5.02 Å². The van der Waals surface area contributed by atoms with Gasteiger partial charge in [-0.15, -0.1) is 0 Å². The molecule has 96 valence electrons. The molecule has 0 unspecified atom stereocenters. The maximum absolute atomic E-state index is 6.21. The number of nitrogen functional groups attached to an aromatic ring is 1. The number of hydrogen-bond acceptors (Lipinski definition) is 4. The summed E-state index contributed by atoms with van der Waals surface area (Å²) in [6, 6.07) is 0. The lowest BCUT2D eigenvalue weighted by atomic mass is 9.91. The lowest BCUT2D eigenvalue weighted by molar-refractivity contribution is 0.405. The summed E-state index contributed by atoms with van der Waals surface area (Å²) in [5.74, 6) is 0.966. The Bertz CT molecular complexity index is 542. The number of hydrogen-bond donors (Lipinski definition) is 1. The van der Waals surface area contributed by atoms with E-state index in [1.165, 1.54) is 4.68 Å². The summed E-state index contributed by atoms with van der Waals surface area (Å²) in [5.41, 5.74) is 6.83. The van der Waals surface area contributed by atoms with E-state index in [2.05, 4.69) is 35.8 Å². The number of rotatable bonds is 2. The Labute approximate surface area is 111 Å². The minimum Gasteiger partial charge on any atom is -0.382 e. The van der Waals surface area contributed by atoms with Gasteiger partial charge in [0.25, 0.3) is 0 Å². The SMILES string of the molecule is CC(C)(C)Cc1nn(-c2cnccn2)c(N)c1Cl. The molecular formula is C12H16ClN5. The third-order valence-corrected chi connectivity index (χ3v) is 2.80. The van der Waals surface area contributed by atoms with E-state index in [-0.39, 0.29) is 5.41 Å². The predicted molar refractivity (Wildman–Crippen MR) is 71.7 cm³/mol. The van der Waals surface area contributed by atoms with Crippen molar-refractivity contribution in [2.75, 3.05) is 5.73 Å². The van der Waals surface area contributed by atoms with Crippen LogP contribution in [0.4, 0.5) is 5.82 Å². The lowest BCUT2D eigenvalue weighted by Gasteiger charge is -2.16. The average molecular weight is 266 g/mol. The van der Waals surface area contributed by atoms with Crippen molar-refractivity contribution in [1.29, 1.82) is 0 Å². The van der Waals surface area contributed by atoms with Gasteiger partial charge in [0.05, 0.1) is 11.9 Å². The monoisotopic (exact) mass is 265 g/mol. The molecule has 0 aliphatic rings. The van der Waals surface area contributed by atoms with Gasteiger partial charge in [0.15, 0.2) is 5.82 Å². The molecule has 0 radical (unpaired) electrons. The van der Waals surface area contributed by atoms with Crippen LogP contribution in [0.1, 0.15) is 26.5 Å².